The Balaban J connectivity index is 2.15. The van der Waals surface area contributed by atoms with E-state index in [1.54, 1.807) is 24.5 Å². The van der Waals surface area contributed by atoms with Crippen molar-refractivity contribution in [2.24, 2.45) is 0 Å². The minimum absolute atomic E-state index is 0.201. The maximum absolute atomic E-state index is 12.3. The molecule has 0 aliphatic rings. The summed E-state index contributed by atoms with van der Waals surface area (Å²) in [7, 11) is 0. The van der Waals surface area contributed by atoms with Crippen LogP contribution in [0.1, 0.15) is 29.3 Å². The molecule has 0 saturated carbocycles. The molecule has 110 valence electrons. The predicted octanol–water partition coefficient (Wildman–Crippen LogP) is 4.12. The van der Waals surface area contributed by atoms with Crippen LogP contribution in [0.2, 0.25) is 5.02 Å². The van der Waals surface area contributed by atoms with Gasteiger partial charge in [0.2, 0.25) is 0 Å². The summed E-state index contributed by atoms with van der Waals surface area (Å²) >= 11 is 6.05. The van der Waals surface area contributed by atoms with Gasteiger partial charge in [-0.15, -0.1) is 0 Å². The van der Waals surface area contributed by atoms with E-state index >= 15 is 0 Å². The zero-order chi connectivity index (χ0) is 15.2. The summed E-state index contributed by atoms with van der Waals surface area (Å²) in [6.07, 6.45) is 4.27. The van der Waals surface area contributed by atoms with E-state index in [-0.39, 0.29) is 5.91 Å². The molecule has 0 bridgehead atoms. The minimum atomic E-state index is -0.201. The molecule has 1 amide bonds. The highest BCUT2D eigenvalue weighted by Gasteiger charge is 2.10. The molecule has 0 fully saturated rings. The van der Waals surface area contributed by atoms with Crippen LogP contribution in [0.5, 0.6) is 0 Å². The van der Waals surface area contributed by atoms with Crippen LogP contribution >= 0.6 is 11.6 Å². The van der Waals surface area contributed by atoms with Gasteiger partial charge in [-0.05, 0) is 37.1 Å². The molecule has 5 heteroatoms. The number of amides is 1. The van der Waals surface area contributed by atoms with E-state index in [0.29, 0.717) is 16.3 Å². The van der Waals surface area contributed by atoms with E-state index in [0.717, 1.165) is 24.2 Å². The first-order valence-electron chi connectivity index (χ1n) is 6.87. The maximum atomic E-state index is 12.3. The molecule has 1 heterocycles. The third-order valence-electron chi connectivity index (χ3n) is 3.10. The third-order valence-corrected chi connectivity index (χ3v) is 3.50. The molecule has 1 aromatic heterocycles. The van der Waals surface area contributed by atoms with Gasteiger partial charge in [0.25, 0.3) is 5.91 Å². The van der Waals surface area contributed by atoms with Crippen LogP contribution in [0.3, 0.4) is 0 Å². The van der Waals surface area contributed by atoms with Crippen molar-refractivity contribution < 1.29 is 4.79 Å². The quantitative estimate of drug-likeness (QED) is 0.873. The lowest BCUT2D eigenvalue weighted by Crippen LogP contribution is -2.13. The van der Waals surface area contributed by atoms with E-state index in [2.05, 4.69) is 22.5 Å². The molecule has 2 rings (SSSR count). The van der Waals surface area contributed by atoms with Crippen LogP contribution in [0, 0.1) is 6.92 Å². The van der Waals surface area contributed by atoms with E-state index in [9.17, 15) is 4.79 Å². The molecule has 4 nitrogen and oxygen atoms in total. The number of carbonyl (C=O) groups is 1. The van der Waals surface area contributed by atoms with Gasteiger partial charge in [-0.3, -0.25) is 9.78 Å². The Morgan fingerprint density at radius 1 is 1.33 bits per heavy atom. The standard InChI is InChI=1S/C16H18ClN3O/c1-3-7-19-13-8-12(9-18-10-13)16(21)20-15-6-4-5-14(17)11(15)2/h4-6,8-10,19H,3,7H2,1-2H3,(H,20,21). The Morgan fingerprint density at radius 3 is 2.90 bits per heavy atom. The summed E-state index contributed by atoms with van der Waals surface area (Å²) in [4.78, 5) is 16.4. The number of anilines is 2. The van der Waals surface area contributed by atoms with Gasteiger partial charge in [0.15, 0.2) is 0 Å². The van der Waals surface area contributed by atoms with Crippen molar-refractivity contribution in [2.45, 2.75) is 20.3 Å². The first-order chi connectivity index (χ1) is 10.1. The van der Waals surface area contributed by atoms with Gasteiger partial charge in [-0.25, -0.2) is 0 Å². The van der Waals surface area contributed by atoms with Crippen molar-refractivity contribution in [3.8, 4) is 0 Å². The van der Waals surface area contributed by atoms with Crippen LogP contribution in [0.15, 0.2) is 36.7 Å². The van der Waals surface area contributed by atoms with Crippen molar-refractivity contribution in [1.82, 2.24) is 4.98 Å². The zero-order valence-corrected chi connectivity index (χ0v) is 12.9. The van der Waals surface area contributed by atoms with Gasteiger partial charge in [0, 0.05) is 29.6 Å². The number of nitrogens with zero attached hydrogens (tertiary/aromatic N) is 1. The molecule has 2 aromatic rings. The molecule has 21 heavy (non-hydrogen) atoms. The molecule has 2 N–H and O–H groups in total. The number of benzene rings is 1. The van der Waals surface area contributed by atoms with Gasteiger partial charge in [-0.2, -0.15) is 0 Å². The molecule has 0 aliphatic carbocycles. The summed E-state index contributed by atoms with van der Waals surface area (Å²) < 4.78 is 0. The summed E-state index contributed by atoms with van der Waals surface area (Å²) in [5.41, 5.74) is 2.91. The Morgan fingerprint density at radius 2 is 2.14 bits per heavy atom. The van der Waals surface area contributed by atoms with Crippen molar-refractivity contribution >= 4 is 28.9 Å². The van der Waals surface area contributed by atoms with E-state index in [1.165, 1.54) is 0 Å². The zero-order valence-electron chi connectivity index (χ0n) is 12.1. The Kier molecular flexibility index (Phi) is 5.17. The van der Waals surface area contributed by atoms with Crippen molar-refractivity contribution in [1.29, 1.82) is 0 Å². The van der Waals surface area contributed by atoms with Gasteiger partial charge in [0.1, 0.15) is 0 Å². The van der Waals surface area contributed by atoms with Crippen LogP contribution in [-0.2, 0) is 0 Å². The molecule has 0 saturated heterocycles. The average Bonchev–Trinajstić information content (AvgIpc) is 2.50. The fourth-order valence-corrected chi connectivity index (χ4v) is 2.04. The highest BCUT2D eigenvalue weighted by molar-refractivity contribution is 6.31. The van der Waals surface area contributed by atoms with Gasteiger partial charge < -0.3 is 10.6 Å². The van der Waals surface area contributed by atoms with Gasteiger partial charge in [-0.1, -0.05) is 24.6 Å². The summed E-state index contributed by atoms with van der Waals surface area (Å²) in [5.74, 6) is -0.201. The molecular formula is C16H18ClN3O. The number of hydrogen-bond donors (Lipinski definition) is 2. The Hall–Kier alpha value is -2.07. The normalized spacial score (nSPS) is 10.2. The van der Waals surface area contributed by atoms with Crippen molar-refractivity contribution in [3.05, 3.63) is 52.8 Å². The van der Waals surface area contributed by atoms with Crippen LogP contribution in [0.4, 0.5) is 11.4 Å². The number of pyridine rings is 1. The first kappa shape index (κ1) is 15.3. The van der Waals surface area contributed by atoms with Crippen LogP contribution < -0.4 is 10.6 Å². The lowest BCUT2D eigenvalue weighted by molar-refractivity contribution is 0.102. The highest BCUT2D eigenvalue weighted by atomic mass is 35.5. The molecule has 0 unspecified atom stereocenters. The summed E-state index contributed by atoms with van der Waals surface area (Å²) in [6.45, 7) is 4.80. The number of aromatic nitrogens is 1. The lowest BCUT2D eigenvalue weighted by atomic mass is 10.2. The second-order valence-corrected chi connectivity index (χ2v) is 5.16. The van der Waals surface area contributed by atoms with Crippen molar-refractivity contribution in [2.75, 3.05) is 17.2 Å². The monoisotopic (exact) mass is 303 g/mol. The third kappa shape index (κ3) is 3.95. The Bertz CT molecular complexity index is 643. The molecule has 0 radical (unpaired) electrons. The maximum Gasteiger partial charge on any atom is 0.257 e. The SMILES string of the molecule is CCCNc1cncc(C(=O)Nc2cccc(Cl)c2C)c1. The summed E-state index contributed by atoms with van der Waals surface area (Å²) in [6, 6.07) is 7.22. The number of nitrogens with one attached hydrogen (secondary N) is 2. The van der Waals surface area contributed by atoms with E-state index in [1.807, 2.05) is 19.1 Å². The molecule has 0 spiro atoms. The highest BCUT2D eigenvalue weighted by Crippen LogP contribution is 2.23. The van der Waals surface area contributed by atoms with Crippen LogP contribution in [-0.4, -0.2) is 17.4 Å². The molecule has 1 aromatic carbocycles. The molecule has 0 aliphatic heterocycles. The lowest BCUT2D eigenvalue weighted by Gasteiger charge is -2.10. The topological polar surface area (TPSA) is 54.0 Å². The van der Waals surface area contributed by atoms with E-state index < -0.39 is 0 Å². The van der Waals surface area contributed by atoms with E-state index in [4.69, 9.17) is 11.6 Å². The number of rotatable bonds is 5. The predicted molar refractivity (Wildman–Crippen MR) is 87.2 cm³/mol. The molecule has 0 atom stereocenters. The number of carbonyl (C=O) groups excluding carboxylic acids is 1. The Labute approximate surface area is 129 Å². The first-order valence-corrected chi connectivity index (χ1v) is 7.25. The largest absolute Gasteiger partial charge is 0.384 e. The smallest absolute Gasteiger partial charge is 0.257 e. The number of halogens is 1. The minimum Gasteiger partial charge on any atom is -0.384 e. The fraction of sp³-hybridized carbons (Fsp3) is 0.250. The van der Waals surface area contributed by atoms with Crippen LogP contribution in [0.25, 0.3) is 0 Å². The van der Waals surface area contributed by atoms with Gasteiger partial charge >= 0.3 is 0 Å². The molecular weight excluding hydrogens is 286 g/mol. The number of hydrogen-bond acceptors (Lipinski definition) is 3. The second-order valence-electron chi connectivity index (χ2n) is 4.76. The van der Waals surface area contributed by atoms with Crippen molar-refractivity contribution in [3.63, 3.8) is 0 Å². The second kappa shape index (κ2) is 7.09. The fourth-order valence-electron chi connectivity index (χ4n) is 1.87. The summed E-state index contributed by atoms with van der Waals surface area (Å²) in [5, 5.41) is 6.70. The average molecular weight is 304 g/mol. The van der Waals surface area contributed by atoms with Gasteiger partial charge in [0.05, 0.1) is 11.3 Å².